The van der Waals surface area contributed by atoms with Crippen LogP contribution in [0.15, 0.2) is 42.5 Å². The van der Waals surface area contributed by atoms with E-state index in [2.05, 4.69) is 13.0 Å². The van der Waals surface area contributed by atoms with Crippen molar-refractivity contribution in [2.75, 3.05) is 7.11 Å². The lowest BCUT2D eigenvalue weighted by Gasteiger charge is -2.17. The van der Waals surface area contributed by atoms with Gasteiger partial charge in [0.25, 0.3) is 0 Å². The van der Waals surface area contributed by atoms with Crippen molar-refractivity contribution < 1.29 is 14.6 Å². The molecule has 3 nitrogen and oxygen atoms in total. The monoisotopic (exact) mass is 256 g/mol. The van der Waals surface area contributed by atoms with Gasteiger partial charge in [-0.05, 0) is 23.8 Å². The van der Waals surface area contributed by atoms with Gasteiger partial charge >= 0.3 is 0 Å². The fraction of sp³-hybridized carbons (Fsp3) is 0.250. The first-order valence-corrected chi connectivity index (χ1v) is 6.33. The van der Waals surface area contributed by atoms with E-state index in [4.69, 9.17) is 9.47 Å². The summed E-state index contributed by atoms with van der Waals surface area (Å²) >= 11 is 0. The molecular weight excluding hydrogens is 240 g/mol. The molecule has 98 valence electrons. The van der Waals surface area contributed by atoms with Crippen molar-refractivity contribution in [3.63, 3.8) is 0 Å². The molecule has 2 aromatic carbocycles. The van der Waals surface area contributed by atoms with Crippen LogP contribution in [-0.4, -0.2) is 12.2 Å². The minimum absolute atomic E-state index is 0.0353. The standard InChI is InChI=1S/C16H16O3/c1-10-12-5-3-4-6-14(12)19-16(10)11-7-8-13(17)15(9-11)18-2/h3-10,16-17H,1-2H3. The van der Waals surface area contributed by atoms with Crippen LogP contribution >= 0.6 is 0 Å². The molecule has 0 saturated heterocycles. The fourth-order valence-electron chi connectivity index (χ4n) is 2.59. The molecule has 1 N–H and O–H groups in total. The predicted molar refractivity (Wildman–Crippen MR) is 72.9 cm³/mol. The first-order chi connectivity index (χ1) is 9.20. The van der Waals surface area contributed by atoms with E-state index in [0.29, 0.717) is 5.75 Å². The number of phenols is 1. The molecule has 3 rings (SSSR count). The van der Waals surface area contributed by atoms with Gasteiger partial charge in [0.15, 0.2) is 11.5 Å². The summed E-state index contributed by atoms with van der Waals surface area (Å²) in [7, 11) is 1.55. The minimum atomic E-state index is -0.0353. The average molecular weight is 256 g/mol. The van der Waals surface area contributed by atoms with Gasteiger partial charge in [0.1, 0.15) is 11.9 Å². The van der Waals surface area contributed by atoms with Crippen molar-refractivity contribution in [2.45, 2.75) is 18.9 Å². The van der Waals surface area contributed by atoms with E-state index < -0.39 is 0 Å². The highest BCUT2D eigenvalue weighted by molar-refractivity contribution is 5.47. The zero-order chi connectivity index (χ0) is 13.4. The normalized spacial score (nSPS) is 20.7. The van der Waals surface area contributed by atoms with E-state index >= 15 is 0 Å². The third-order valence-corrected chi connectivity index (χ3v) is 3.65. The summed E-state index contributed by atoms with van der Waals surface area (Å²) in [4.78, 5) is 0. The van der Waals surface area contributed by atoms with Crippen LogP contribution in [-0.2, 0) is 0 Å². The average Bonchev–Trinajstić information content (AvgIpc) is 2.77. The smallest absolute Gasteiger partial charge is 0.160 e. The third kappa shape index (κ3) is 1.91. The quantitative estimate of drug-likeness (QED) is 0.891. The Kier molecular flexibility index (Phi) is 2.82. The molecule has 3 heteroatoms. The molecule has 0 bridgehead atoms. The Bertz CT molecular complexity index is 607. The molecule has 0 aliphatic carbocycles. The summed E-state index contributed by atoms with van der Waals surface area (Å²) in [5.74, 6) is 1.84. The second-order valence-electron chi connectivity index (χ2n) is 4.80. The largest absolute Gasteiger partial charge is 0.504 e. The highest BCUT2D eigenvalue weighted by Crippen LogP contribution is 2.46. The van der Waals surface area contributed by atoms with Gasteiger partial charge in [-0.15, -0.1) is 0 Å². The summed E-state index contributed by atoms with van der Waals surface area (Å²) in [6, 6.07) is 13.4. The molecule has 2 atom stereocenters. The van der Waals surface area contributed by atoms with E-state index in [-0.39, 0.29) is 17.8 Å². The van der Waals surface area contributed by atoms with Crippen molar-refractivity contribution in [2.24, 2.45) is 0 Å². The summed E-state index contributed by atoms with van der Waals surface area (Å²) in [6.45, 7) is 2.15. The Morgan fingerprint density at radius 3 is 2.68 bits per heavy atom. The highest BCUT2D eigenvalue weighted by atomic mass is 16.5. The summed E-state index contributed by atoms with van der Waals surface area (Å²) in [5, 5.41) is 9.65. The first kappa shape index (κ1) is 11.9. The van der Waals surface area contributed by atoms with Gasteiger partial charge in [0.05, 0.1) is 7.11 Å². The number of phenolic OH excluding ortho intramolecular Hbond substituents is 1. The Hall–Kier alpha value is -2.16. The number of fused-ring (bicyclic) bond motifs is 1. The Morgan fingerprint density at radius 1 is 1.16 bits per heavy atom. The summed E-state index contributed by atoms with van der Waals surface area (Å²) in [6.07, 6.45) is -0.0353. The first-order valence-electron chi connectivity index (χ1n) is 6.33. The molecule has 0 saturated carbocycles. The SMILES string of the molecule is COc1cc(C2Oc3ccccc3C2C)ccc1O. The van der Waals surface area contributed by atoms with Gasteiger partial charge in [-0.2, -0.15) is 0 Å². The van der Waals surface area contributed by atoms with Crippen LogP contribution in [0.5, 0.6) is 17.2 Å². The van der Waals surface area contributed by atoms with Crippen LogP contribution < -0.4 is 9.47 Å². The van der Waals surface area contributed by atoms with Crippen molar-refractivity contribution in [1.29, 1.82) is 0 Å². The maximum absolute atomic E-state index is 9.65. The van der Waals surface area contributed by atoms with Gasteiger partial charge in [-0.25, -0.2) is 0 Å². The topological polar surface area (TPSA) is 38.7 Å². The van der Waals surface area contributed by atoms with Crippen LogP contribution in [0.1, 0.15) is 30.1 Å². The molecular formula is C16H16O3. The van der Waals surface area contributed by atoms with Crippen LogP contribution in [0.4, 0.5) is 0 Å². The van der Waals surface area contributed by atoms with Crippen molar-refractivity contribution >= 4 is 0 Å². The molecule has 19 heavy (non-hydrogen) atoms. The molecule has 0 spiro atoms. The van der Waals surface area contributed by atoms with E-state index in [0.717, 1.165) is 11.3 Å². The summed E-state index contributed by atoms with van der Waals surface area (Å²) in [5.41, 5.74) is 2.23. The highest BCUT2D eigenvalue weighted by Gasteiger charge is 2.32. The van der Waals surface area contributed by atoms with Crippen LogP contribution in [0.2, 0.25) is 0 Å². The van der Waals surface area contributed by atoms with Gasteiger partial charge in [-0.1, -0.05) is 31.2 Å². The molecule has 0 amide bonds. The Morgan fingerprint density at radius 2 is 1.95 bits per heavy atom. The van der Waals surface area contributed by atoms with Gasteiger partial charge in [0, 0.05) is 11.5 Å². The number of para-hydroxylation sites is 1. The van der Waals surface area contributed by atoms with Crippen molar-refractivity contribution in [1.82, 2.24) is 0 Å². The van der Waals surface area contributed by atoms with E-state index in [9.17, 15) is 5.11 Å². The minimum Gasteiger partial charge on any atom is -0.504 e. The van der Waals surface area contributed by atoms with E-state index in [1.807, 2.05) is 30.3 Å². The number of hydrogen-bond donors (Lipinski definition) is 1. The number of benzene rings is 2. The van der Waals surface area contributed by atoms with Crippen LogP contribution in [0.3, 0.4) is 0 Å². The maximum Gasteiger partial charge on any atom is 0.160 e. The lowest BCUT2D eigenvalue weighted by molar-refractivity contribution is 0.215. The number of hydrogen-bond acceptors (Lipinski definition) is 3. The lowest BCUT2D eigenvalue weighted by atomic mass is 9.93. The Labute approximate surface area is 112 Å². The lowest BCUT2D eigenvalue weighted by Crippen LogP contribution is -2.07. The number of rotatable bonds is 2. The number of ether oxygens (including phenoxy) is 2. The molecule has 2 aromatic rings. The van der Waals surface area contributed by atoms with E-state index in [1.54, 1.807) is 13.2 Å². The number of aromatic hydroxyl groups is 1. The molecule has 0 radical (unpaired) electrons. The molecule has 2 unspecified atom stereocenters. The predicted octanol–water partition coefficient (Wildman–Crippen LogP) is 3.64. The molecule has 0 aromatic heterocycles. The Balaban J connectivity index is 1.97. The van der Waals surface area contributed by atoms with Gasteiger partial charge in [-0.3, -0.25) is 0 Å². The van der Waals surface area contributed by atoms with Gasteiger partial charge in [0.2, 0.25) is 0 Å². The van der Waals surface area contributed by atoms with Crippen LogP contribution in [0.25, 0.3) is 0 Å². The number of methoxy groups -OCH3 is 1. The second-order valence-corrected chi connectivity index (χ2v) is 4.80. The van der Waals surface area contributed by atoms with Gasteiger partial charge < -0.3 is 14.6 Å². The zero-order valence-electron chi connectivity index (χ0n) is 11.0. The maximum atomic E-state index is 9.65. The van der Waals surface area contributed by atoms with E-state index in [1.165, 1.54) is 5.56 Å². The van der Waals surface area contributed by atoms with Crippen LogP contribution in [0, 0.1) is 0 Å². The second kappa shape index (κ2) is 4.50. The van der Waals surface area contributed by atoms with Crippen molar-refractivity contribution in [3.05, 3.63) is 53.6 Å². The fourth-order valence-corrected chi connectivity index (χ4v) is 2.59. The molecule has 1 aliphatic heterocycles. The molecule has 1 aliphatic rings. The molecule has 1 heterocycles. The zero-order valence-corrected chi connectivity index (χ0v) is 11.0. The van der Waals surface area contributed by atoms with Crippen molar-refractivity contribution in [3.8, 4) is 17.2 Å². The summed E-state index contributed by atoms with van der Waals surface area (Å²) < 4.78 is 11.2. The third-order valence-electron chi connectivity index (χ3n) is 3.65. The molecule has 0 fully saturated rings.